The Balaban J connectivity index is 1.50. The van der Waals surface area contributed by atoms with Gasteiger partial charge in [-0.25, -0.2) is 0 Å². The van der Waals surface area contributed by atoms with Crippen molar-refractivity contribution in [3.63, 3.8) is 0 Å². The van der Waals surface area contributed by atoms with Gasteiger partial charge in [-0.3, -0.25) is 14.6 Å². The SMILES string of the molecule is CC1(C)CCc2c(C(=O)Nc3cnn(C(CO)c4ccccc4)c3)n[nH]c2C1. The minimum Gasteiger partial charge on any atom is -0.394 e. The zero-order valence-corrected chi connectivity index (χ0v) is 16.1. The fourth-order valence-electron chi connectivity index (χ4n) is 3.82. The average molecular weight is 379 g/mol. The van der Waals surface area contributed by atoms with Gasteiger partial charge in [-0.2, -0.15) is 10.2 Å². The van der Waals surface area contributed by atoms with Crippen molar-refractivity contribution >= 4 is 11.6 Å². The van der Waals surface area contributed by atoms with Gasteiger partial charge in [-0.05, 0) is 30.2 Å². The lowest BCUT2D eigenvalue weighted by atomic mass is 9.76. The smallest absolute Gasteiger partial charge is 0.276 e. The number of fused-ring (bicyclic) bond motifs is 1. The normalized spacial score (nSPS) is 16.4. The van der Waals surface area contributed by atoms with Crippen molar-refractivity contribution in [3.05, 3.63) is 65.2 Å². The summed E-state index contributed by atoms with van der Waals surface area (Å²) in [4.78, 5) is 12.7. The van der Waals surface area contributed by atoms with E-state index in [0.717, 1.165) is 36.1 Å². The lowest BCUT2D eigenvalue weighted by Gasteiger charge is -2.28. The third-order valence-electron chi connectivity index (χ3n) is 5.41. The number of aliphatic hydroxyl groups excluding tert-OH is 1. The van der Waals surface area contributed by atoms with Gasteiger partial charge >= 0.3 is 0 Å². The Morgan fingerprint density at radius 2 is 2.14 bits per heavy atom. The number of aliphatic hydroxyl groups is 1. The summed E-state index contributed by atoms with van der Waals surface area (Å²) in [6, 6.07) is 9.36. The first kappa shape index (κ1) is 18.4. The lowest BCUT2D eigenvalue weighted by molar-refractivity contribution is 0.102. The minimum absolute atomic E-state index is 0.0816. The first-order valence-corrected chi connectivity index (χ1v) is 9.54. The number of benzene rings is 1. The molecule has 0 saturated carbocycles. The van der Waals surface area contributed by atoms with Crippen molar-refractivity contribution in [2.75, 3.05) is 11.9 Å². The van der Waals surface area contributed by atoms with Gasteiger partial charge in [0.25, 0.3) is 5.91 Å². The Hall–Kier alpha value is -2.93. The second kappa shape index (κ2) is 7.24. The van der Waals surface area contributed by atoms with Crippen molar-refractivity contribution in [1.82, 2.24) is 20.0 Å². The Bertz CT molecular complexity index is 974. The molecule has 0 aliphatic heterocycles. The molecule has 0 spiro atoms. The predicted octanol–water partition coefficient (Wildman–Crippen LogP) is 2.96. The third-order valence-corrected chi connectivity index (χ3v) is 5.41. The fraction of sp³-hybridized carbons (Fsp3) is 0.381. The van der Waals surface area contributed by atoms with Gasteiger partial charge in [-0.15, -0.1) is 0 Å². The average Bonchev–Trinajstić information content (AvgIpc) is 3.29. The summed E-state index contributed by atoms with van der Waals surface area (Å²) in [6.45, 7) is 4.38. The largest absolute Gasteiger partial charge is 0.394 e. The van der Waals surface area contributed by atoms with Crippen LogP contribution in [0, 0.1) is 5.41 Å². The highest BCUT2D eigenvalue weighted by molar-refractivity contribution is 6.03. The molecule has 7 nitrogen and oxygen atoms in total. The van der Waals surface area contributed by atoms with Crippen molar-refractivity contribution in [3.8, 4) is 0 Å². The molecule has 1 aliphatic carbocycles. The van der Waals surface area contributed by atoms with Crippen LogP contribution in [-0.4, -0.2) is 37.6 Å². The minimum atomic E-state index is -0.299. The Morgan fingerprint density at radius 1 is 1.36 bits per heavy atom. The zero-order chi connectivity index (χ0) is 19.7. The number of rotatable bonds is 5. The maximum atomic E-state index is 12.7. The van der Waals surface area contributed by atoms with Crippen molar-refractivity contribution in [2.45, 2.75) is 39.2 Å². The second-order valence-electron chi connectivity index (χ2n) is 8.14. The fourth-order valence-corrected chi connectivity index (χ4v) is 3.82. The summed E-state index contributed by atoms with van der Waals surface area (Å²) in [6.07, 6.45) is 6.10. The van der Waals surface area contributed by atoms with E-state index in [1.807, 2.05) is 30.3 Å². The quantitative estimate of drug-likeness (QED) is 0.635. The van der Waals surface area contributed by atoms with Crippen molar-refractivity contribution in [2.24, 2.45) is 5.41 Å². The van der Waals surface area contributed by atoms with E-state index in [1.165, 1.54) is 0 Å². The monoisotopic (exact) mass is 379 g/mol. The van der Waals surface area contributed by atoms with Crippen LogP contribution in [0.4, 0.5) is 5.69 Å². The molecular weight excluding hydrogens is 354 g/mol. The number of nitrogens with one attached hydrogen (secondary N) is 2. The van der Waals surface area contributed by atoms with Crippen LogP contribution in [0.15, 0.2) is 42.7 Å². The van der Waals surface area contributed by atoms with Crippen LogP contribution >= 0.6 is 0 Å². The van der Waals surface area contributed by atoms with Crippen LogP contribution in [-0.2, 0) is 12.8 Å². The van der Waals surface area contributed by atoms with Crippen LogP contribution in [0.2, 0.25) is 0 Å². The molecule has 0 saturated heterocycles. The number of carbonyl (C=O) groups excluding carboxylic acids is 1. The zero-order valence-electron chi connectivity index (χ0n) is 16.1. The highest BCUT2D eigenvalue weighted by Crippen LogP contribution is 2.35. The molecule has 1 atom stereocenters. The maximum absolute atomic E-state index is 12.7. The van der Waals surface area contributed by atoms with Gasteiger partial charge in [0.15, 0.2) is 5.69 Å². The van der Waals surface area contributed by atoms with Crippen LogP contribution in [0.25, 0.3) is 0 Å². The van der Waals surface area contributed by atoms with Gasteiger partial charge in [0.05, 0.1) is 24.5 Å². The number of aromatic amines is 1. The van der Waals surface area contributed by atoms with Crippen LogP contribution in [0.3, 0.4) is 0 Å². The number of nitrogens with zero attached hydrogens (tertiary/aromatic N) is 3. The van der Waals surface area contributed by atoms with Gasteiger partial charge in [0.1, 0.15) is 0 Å². The first-order chi connectivity index (χ1) is 13.5. The molecule has 2 aromatic heterocycles. The molecule has 4 rings (SSSR count). The van der Waals surface area contributed by atoms with E-state index in [2.05, 4.69) is 34.5 Å². The maximum Gasteiger partial charge on any atom is 0.276 e. The highest BCUT2D eigenvalue weighted by Gasteiger charge is 2.30. The van der Waals surface area contributed by atoms with Crippen molar-refractivity contribution < 1.29 is 9.90 Å². The number of amides is 1. The van der Waals surface area contributed by atoms with E-state index in [4.69, 9.17) is 0 Å². The summed E-state index contributed by atoms with van der Waals surface area (Å²) < 4.78 is 1.66. The Labute approximate surface area is 163 Å². The number of carbonyl (C=O) groups is 1. The van der Waals surface area contributed by atoms with Gasteiger partial charge in [0.2, 0.25) is 0 Å². The molecule has 0 bridgehead atoms. The Morgan fingerprint density at radius 3 is 2.89 bits per heavy atom. The van der Waals surface area contributed by atoms with Gasteiger partial charge in [0, 0.05) is 17.5 Å². The third kappa shape index (κ3) is 3.57. The highest BCUT2D eigenvalue weighted by atomic mass is 16.3. The van der Waals surface area contributed by atoms with E-state index in [1.54, 1.807) is 17.1 Å². The van der Waals surface area contributed by atoms with Crippen molar-refractivity contribution in [1.29, 1.82) is 0 Å². The predicted molar refractivity (Wildman–Crippen MR) is 106 cm³/mol. The standard InChI is InChI=1S/C21H25N5O2/c1-21(2)9-8-16-17(10-21)24-25-19(16)20(28)23-15-11-22-26(12-15)18(13-27)14-6-4-3-5-7-14/h3-7,11-12,18,27H,8-10,13H2,1-2H3,(H,23,28)(H,24,25). The molecule has 7 heteroatoms. The molecule has 2 heterocycles. The number of aromatic nitrogens is 4. The number of hydrogen-bond donors (Lipinski definition) is 3. The van der Waals surface area contributed by atoms with E-state index < -0.39 is 0 Å². The summed E-state index contributed by atoms with van der Waals surface area (Å²) in [5.41, 5.74) is 4.29. The molecule has 1 amide bonds. The molecule has 1 unspecified atom stereocenters. The van der Waals surface area contributed by atoms with Gasteiger partial charge in [-0.1, -0.05) is 44.2 Å². The second-order valence-corrected chi connectivity index (χ2v) is 8.14. The first-order valence-electron chi connectivity index (χ1n) is 9.54. The molecule has 3 N–H and O–H groups in total. The summed E-state index contributed by atoms with van der Waals surface area (Å²) in [7, 11) is 0. The molecule has 1 aliphatic rings. The lowest BCUT2D eigenvalue weighted by Crippen LogP contribution is -2.23. The number of H-pyrrole nitrogens is 1. The molecule has 0 fully saturated rings. The van der Waals surface area contributed by atoms with Crippen LogP contribution in [0.1, 0.15) is 53.6 Å². The topological polar surface area (TPSA) is 95.8 Å². The Kier molecular flexibility index (Phi) is 4.77. The van der Waals surface area contributed by atoms with E-state index >= 15 is 0 Å². The van der Waals surface area contributed by atoms with Gasteiger partial charge < -0.3 is 10.4 Å². The molecule has 3 aromatic rings. The van der Waals surface area contributed by atoms with E-state index in [0.29, 0.717) is 11.4 Å². The number of hydrogen-bond acceptors (Lipinski definition) is 4. The van der Waals surface area contributed by atoms with Crippen LogP contribution < -0.4 is 5.32 Å². The molecule has 28 heavy (non-hydrogen) atoms. The summed E-state index contributed by atoms with van der Waals surface area (Å²) >= 11 is 0. The molecule has 146 valence electrons. The number of anilines is 1. The molecule has 0 radical (unpaired) electrons. The van der Waals surface area contributed by atoms with E-state index in [9.17, 15) is 9.90 Å². The summed E-state index contributed by atoms with van der Waals surface area (Å²) in [5, 5.41) is 24.3. The molecule has 1 aromatic carbocycles. The molecular formula is C21H25N5O2. The van der Waals surface area contributed by atoms with E-state index in [-0.39, 0.29) is 24.0 Å². The summed E-state index contributed by atoms with van der Waals surface area (Å²) in [5.74, 6) is -0.239. The van der Waals surface area contributed by atoms with Crippen LogP contribution in [0.5, 0.6) is 0 Å².